The second kappa shape index (κ2) is 9.95. The van der Waals surface area contributed by atoms with E-state index in [-0.39, 0.29) is 41.2 Å². The standard InChI is InChI=1S/C24H29ClN4O4/c1-14-10-20(14)28-23(31)16(3)17-4-6-18(7-5-17)33-19-8-9-29(11-19)22-21(25)24(27-13-26-22)32-12-15(2)30/h4-7,13-14,16,19-20H,8-12H2,1-3H3,(H,28,31)/t14?,16?,19-,20?/m1/s1. The zero-order valence-electron chi connectivity index (χ0n) is 19.1. The van der Waals surface area contributed by atoms with Gasteiger partial charge in [0.15, 0.2) is 11.6 Å². The van der Waals surface area contributed by atoms with Crippen molar-refractivity contribution in [2.45, 2.75) is 51.7 Å². The van der Waals surface area contributed by atoms with Crippen LogP contribution in [0.25, 0.3) is 0 Å². The third kappa shape index (κ3) is 5.74. The van der Waals surface area contributed by atoms with Gasteiger partial charge in [-0.25, -0.2) is 9.97 Å². The van der Waals surface area contributed by atoms with Crippen LogP contribution in [0.15, 0.2) is 30.6 Å². The van der Waals surface area contributed by atoms with E-state index in [0.717, 1.165) is 30.7 Å². The number of nitrogens with zero attached hydrogens (tertiary/aromatic N) is 3. The van der Waals surface area contributed by atoms with Crippen LogP contribution in [0, 0.1) is 5.92 Å². The highest BCUT2D eigenvalue weighted by Crippen LogP contribution is 2.33. The molecule has 9 heteroatoms. The number of ketones is 1. The topological polar surface area (TPSA) is 93.7 Å². The van der Waals surface area contributed by atoms with Gasteiger partial charge < -0.3 is 19.7 Å². The van der Waals surface area contributed by atoms with E-state index in [4.69, 9.17) is 21.1 Å². The van der Waals surface area contributed by atoms with Crippen molar-refractivity contribution in [3.05, 3.63) is 41.2 Å². The van der Waals surface area contributed by atoms with Crippen molar-refractivity contribution < 1.29 is 19.1 Å². The third-order valence-electron chi connectivity index (χ3n) is 6.11. The summed E-state index contributed by atoms with van der Waals surface area (Å²) in [4.78, 5) is 33.9. The predicted octanol–water partition coefficient (Wildman–Crippen LogP) is 3.38. The van der Waals surface area contributed by atoms with Gasteiger partial charge in [0.2, 0.25) is 11.8 Å². The maximum atomic E-state index is 12.4. The lowest BCUT2D eigenvalue weighted by molar-refractivity contribution is -0.122. The number of halogens is 1. The zero-order valence-corrected chi connectivity index (χ0v) is 19.8. The number of carbonyl (C=O) groups is 2. The fourth-order valence-electron chi connectivity index (χ4n) is 3.86. The predicted molar refractivity (Wildman–Crippen MR) is 125 cm³/mol. The first kappa shape index (κ1) is 23.3. The number of anilines is 1. The number of hydrogen-bond acceptors (Lipinski definition) is 7. The Hall–Kier alpha value is -2.87. The molecule has 33 heavy (non-hydrogen) atoms. The average Bonchev–Trinajstić information content (AvgIpc) is 3.28. The largest absolute Gasteiger partial charge is 0.489 e. The molecule has 0 spiro atoms. The van der Waals surface area contributed by atoms with Crippen LogP contribution in [0.2, 0.25) is 5.02 Å². The van der Waals surface area contributed by atoms with E-state index in [1.54, 1.807) is 0 Å². The van der Waals surface area contributed by atoms with Gasteiger partial charge in [-0.3, -0.25) is 9.59 Å². The quantitative estimate of drug-likeness (QED) is 0.597. The Morgan fingerprint density at radius 2 is 2.00 bits per heavy atom. The van der Waals surface area contributed by atoms with Crippen molar-refractivity contribution in [2.75, 3.05) is 24.6 Å². The van der Waals surface area contributed by atoms with Crippen molar-refractivity contribution in [1.29, 1.82) is 0 Å². The van der Waals surface area contributed by atoms with Crippen LogP contribution in [-0.4, -0.2) is 53.5 Å². The van der Waals surface area contributed by atoms with E-state index in [1.165, 1.54) is 13.3 Å². The molecule has 1 aromatic heterocycles. The molecule has 2 fully saturated rings. The molecule has 1 saturated heterocycles. The second-order valence-corrected chi connectivity index (χ2v) is 9.28. The van der Waals surface area contributed by atoms with E-state index in [1.807, 2.05) is 36.1 Å². The van der Waals surface area contributed by atoms with Crippen LogP contribution >= 0.6 is 11.6 Å². The van der Waals surface area contributed by atoms with Gasteiger partial charge in [0, 0.05) is 19.0 Å². The van der Waals surface area contributed by atoms with E-state index in [9.17, 15) is 9.59 Å². The summed E-state index contributed by atoms with van der Waals surface area (Å²) in [6, 6.07) is 8.04. The molecule has 0 radical (unpaired) electrons. The number of ether oxygens (including phenoxy) is 2. The van der Waals surface area contributed by atoms with Crippen molar-refractivity contribution in [3.63, 3.8) is 0 Å². The maximum absolute atomic E-state index is 12.4. The normalized spacial score (nSPS) is 22.5. The summed E-state index contributed by atoms with van der Waals surface area (Å²) >= 11 is 6.42. The van der Waals surface area contributed by atoms with E-state index in [0.29, 0.717) is 24.3 Å². The molecule has 3 unspecified atom stereocenters. The molecule has 1 saturated carbocycles. The fourth-order valence-corrected chi connectivity index (χ4v) is 4.13. The molecule has 1 amide bonds. The average molecular weight is 473 g/mol. The lowest BCUT2D eigenvalue weighted by Crippen LogP contribution is -2.30. The molecule has 8 nitrogen and oxygen atoms in total. The van der Waals surface area contributed by atoms with Crippen LogP contribution in [0.1, 0.15) is 45.1 Å². The van der Waals surface area contributed by atoms with Crippen molar-refractivity contribution in [1.82, 2.24) is 15.3 Å². The molecule has 0 bridgehead atoms. The highest BCUT2D eigenvalue weighted by molar-refractivity contribution is 6.34. The zero-order chi connectivity index (χ0) is 23.5. The molecule has 4 rings (SSSR count). The SMILES string of the molecule is CC(=O)COc1ncnc(N2CC[C@@H](Oc3ccc(C(C)C(=O)NC4CC4C)cc3)C2)c1Cl. The molecule has 1 N–H and O–H groups in total. The molecule has 1 aliphatic heterocycles. The Bertz CT molecular complexity index is 1020. The van der Waals surface area contributed by atoms with Crippen LogP contribution in [-0.2, 0) is 9.59 Å². The molecule has 1 aliphatic carbocycles. The number of carbonyl (C=O) groups excluding carboxylic acids is 2. The first-order chi connectivity index (χ1) is 15.8. The summed E-state index contributed by atoms with van der Waals surface area (Å²) in [6.45, 7) is 6.76. The number of aromatic nitrogens is 2. The lowest BCUT2D eigenvalue weighted by atomic mass is 10.0. The van der Waals surface area contributed by atoms with Crippen LogP contribution in [0.5, 0.6) is 11.6 Å². The highest BCUT2D eigenvalue weighted by Gasteiger charge is 2.35. The third-order valence-corrected chi connectivity index (χ3v) is 6.44. The van der Waals surface area contributed by atoms with E-state index < -0.39 is 0 Å². The Labute approximate surface area is 198 Å². The number of nitrogens with one attached hydrogen (secondary N) is 1. The molecule has 1 aromatic carbocycles. The first-order valence-corrected chi connectivity index (χ1v) is 11.6. The monoisotopic (exact) mass is 472 g/mol. The molecular weight excluding hydrogens is 444 g/mol. The Morgan fingerprint density at radius 3 is 2.67 bits per heavy atom. The van der Waals surface area contributed by atoms with Gasteiger partial charge in [-0.15, -0.1) is 0 Å². The van der Waals surface area contributed by atoms with Gasteiger partial charge in [0.05, 0.1) is 12.5 Å². The molecule has 176 valence electrons. The summed E-state index contributed by atoms with van der Waals surface area (Å²) in [6.07, 6.45) is 3.23. The summed E-state index contributed by atoms with van der Waals surface area (Å²) in [7, 11) is 0. The van der Waals surface area contributed by atoms with Gasteiger partial charge >= 0.3 is 0 Å². The Kier molecular flexibility index (Phi) is 7.02. The molecule has 2 aromatic rings. The van der Waals surface area contributed by atoms with E-state index >= 15 is 0 Å². The minimum absolute atomic E-state index is 0.0273. The van der Waals surface area contributed by atoms with Gasteiger partial charge in [-0.2, -0.15) is 0 Å². The lowest BCUT2D eigenvalue weighted by Gasteiger charge is -2.20. The summed E-state index contributed by atoms with van der Waals surface area (Å²) in [5, 5.41) is 3.38. The van der Waals surface area contributed by atoms with E-state index in [2.05, 4.69) is 22.2 Å². The summed E-state index contributed by atoms with van der Waals surface area (Å²) in [5.41, 5.74) is 0.965. The van der Waals surface area contributed by atoms with Crippen LogP contribution in [0.3, 0.4) is 0 Å². The van der Waals surface area contributed by atoms with Crippen LogP contribution in [0.4, 0.5) is 5.82 Å². The Balaban J connectivity index is 1.32. The summed E-state index contributed by atoms with van der Waals surface area (Å²) in [5.74, 6) is 1.86. The number of benzene rings is 1. The molecule has 2 aliphatic rings. The summed E-state index contributed by atoms with van der Waals surface area (Å²) < 4.78 is 11.5. The van der Waals surface area contributed by atoms with Crippen molar-refractivity contribution in [2.24, 2.45) is 5.92 Å². The molecule has 4 atom stereocenters. The minimum Gasteiger partial charge on any atom is -0.489 e. The highest BCUT2D eigenvalue weighted by atomic mass is 35.5. The first-order valence-electron chi connectivity index (χ1n) is 11.3. The van der Waals surface area contributed by atoms with Crippen molar-refractivity contribution >= 4 is 29.1 Å². The van der Waals surface area contributed by atoms with Gasteiger partial charge in [0.1, 0.15) is 29.8 Å². The maximum Gasteiger partial charge on any atom is 0.238 e. The number of rotatable bonds is 9. The second-order valence-electron chi connectivity index (χ2n) is 8.90. The van der Waals surface area contributed by atoms with Gasteiger partial charge in [0.25, 0.3) is 0 Å². The smallest absolute Gasteiger partial charge is 0.238 e. The molecule has 2 heterocycles. The molecular formula is C24H29ClN4O4. The Morgan fingerprint density at radius 1 is 1.27 bits per heavy atom. The van der Waals surface area contributed by atoms with Crippen molar-refractivity contribution in [3.8, 4) is 11.6 Å². The van der Waals surface area contributed by atoms with Gasteiger partial charge in [-0.1, -0.05) is 30.7 Å². The fraction of sp³-hybridized carbons (Fsp3) is 0.500. The minimum atomic E-state index is -0.201. The number of Topliss-reactive ketones (excluding diaryl/α,β-unsaturated/α-hetero) is 1. The van der Waals surface area contributed by atoms with Crippen LogP contribution < -0.4 is 19.7 Å². The number of amides is 1. The number of hydrogen-bond donors (Lipinski definition) is 1. The van der Waals surface area contributed by atoms with Gasteiger partial charge in [-0.05, 0) is 43.9 Å².